The Morgan fingerprint density at radius 2 is 2.00 bits per heavy atom. The van der Waals surface area contributed by atoms with E-state index in [-0.39, 0.29) is 28.3 Å². The Bertz CT molecular complexity index is 643. The van der Waals surface area contributed by atoms with Gasteiger partial charge >= 0.3 is 0 Å². The summed E-state index contributed by atoms with van der Waals surface area (Å²) in [6, 6.07) is 0. The zero-order valence-corrected chi connectivity index (χ0v) is 14.0. The monoisotopic (exact) mass is 314 g/mol. The van der Waals surface area contributed by atoms with Crippen LogP contribution in [0.25, 0.3) is 0 Å². The maximum absolute atomic E-state index is 12.0. The molecule has 4 aliphatic carbocycles. The van der Waals surface area contributed by atoms with Crippen molar-refractivity contribution in [2.75, 3.05) is 6.61 Å². The summed E-state index contributed by atoms with van der Waals surface area (Å²) in [6.07, 6.45) is 11.1. The highest BCUT2D eigenvalue weighted by Gasteiger charge is 2.66. The van der Waals surface area contributed by atoms with Crippen LogP contribution in [0.5, 0.6) is 0 Å². The van der Waals surface area contributed by atoms with Crippen LogP contribution in [-0.2, 0) is 9.53 Å². The first-order chi connectivity index (χ1) is 10.9. The van der Waals surface area contributed by atoms with Gasteiger partial charge in [-0.1, -0.05) is 19.9 Å². The molecule has 0 amide bonds. The quantitative estimate of drug-likeness (QED) is 0.699. The molecule has 7 atom stereocenters. The Labute approximate surface area is 137 Å². The molecule has 2 unspecified atom stereocenters. The van der Waals surface area contributed by atoms with Crippen LogP contribution in [0.4, 0.5) is 0 Å². The van der Waals surface area contributed by atoms with Gasteiger partial charge < -0.3 is 9.84 Å². The van der Waals surface area contributed by atoms with E-state index >= 15 is 0 Å². The van der Waals surface area contributed by atoms with Crippen LogP contribution in [0.2, 0.25) is 0 Å². The predicted molar refractivity (Wildman–Crippen MR) is 86.7 cm³/mol. The topological polar surface area (TPSA) is 49.8 Å². The number of allylic oxidation sites excluding steroid dienone is 3. The van der Waals surface area contributed by atoms with Gasteiger partial charge in [-0.15, -0.1) is 0 Å². The molecule has 5 rings (SSSR count). The van der Waals surface area contributed by atoms with Crippen LogP contribution in [0.15, 0.2) is 23.8 Å². The lowest BCUT2D eigenvalue weighted by molar-refractivity contribution is -0.111. The molecule has 4 fully saturated rings. The normalized spacial score (nSPS) is 56.8. The second-order valence-electron chi connectivity index (χ2n) is 9.08. The molecule has 3 heteroatoms. The fourth-order valence-corrected chi connectivity index (χ4v) is 6.78. The molecule has 0 radical (unpaired) electrons. The fourth-order valence-electron chi connectivity index (χ4n) is 6.78. The molecule has 1 spiro atoms. The number of carbonyl (C=O) groups is 1. The molecule has 1 heterocycles. The summed E-state index contributed by atoms with van der Waals surface area (Å²) in [7, 11) is 0. The minimum atomic E-state index is -0.178. The molecule has 5 aliphatic rings. The van der Waals surface area contributed by atoms with Gasteiger partial charge in [-0.05, 0) is 73.0 Å². The van der Waals surface area contributed by atoms with E-state index in [1.54, 1.807) is 6.08 Å². The first-order valence-electron chi connectivity index (χ1n) is 9.17. The molecule has 1 N–H and O–H groups in total. The van der Waals surface area contributed by atoms with Crippen molar-refractivity contribution in [2.45, 2.75) is 57.7 Å². The van der Waals surface area contributed by atoms with E-state index in [0.29, 0.717) is 17.8 Å². The summed E-state index contributed by atoms with van der Waals surface area (Å²) >= 11 is 0. The number of carbonyl (C=O) groups excluding carboxylic acids is 1. The van der Waals surface area contributed by atoms with Crippen LogP contribution in [0, 0.1) is 28.6 Å². The highest BCUT2D eigenvalue weighted by molar-refractivity contribution is 6.01. The van der Waals surface area contributed by atoms with Crippen molar-refractivity contribution in [1.29, 1.82) is 0 Å². The lowest BCUT2D eigenvalue weighted by Gasteiger charge is -2.58. The molecule has 23 heavy (non-hydrogen) atoms. The number of fused-ring (bicyclic) bond motifs is 6. The van der Waals surface area contributed by atoms with E-state index in [2.05, 4.69) is 19.9 Å². The minimum absolute atomic E-state index is 0.0395. The van der Waals surface area contributed by atoms with Gasteiger partial charge in [-0.2, -0.15) is 0 Å². The average Bonchev–Trinajstić information content (AvgIpc) is 3.21. The zero-order chi connectivity index (χ0) is 16.0. The first-order valence-corrected chi connectivity index (χ1v) is 9.17. The Balaban J connectivity index is 1.60. The number of ether oxygens (including phenoxy) is 1. The second kappa shape index (κ2) is 4.18. The third-order valence-electron chi connectivity index (χ3n) is 8.17. The summed E-state index contributed by atoms with van der Waals surface area (Å²) in [5.74, 6) is 1.90. The minimum Gasteiger partial charge on any atom is -0.393 e. The van der Waals surface area contributed by atoms with Crippen LogP contribution < -0.4 is 0 Å². The van der Waals surface area contributed by atoms with Gasteiger partial charge in [0, 0.05) is 5.41 Å². The number of ketones is 1. The Hall–Kier alpha value is -0.930. The first kappa shape index (κ1) is 14.4. The van der Waals surface area contributed by atoms with Gasteiger partial charge in [0.25, 0.3) is 0 Å². The molecule has 0 aromatic rings. The number of hydrogen-bond donors (Lipinski definition) is 1. The van der Waals surface area contributed by atoms with Gasteiger partial charge in [0.15, 0.2) is 5.78 Å². The Morgan fingerprint density at radius 1 is 1.22 bits per heavy atom. The van der Waals surface area contributed by atoms with Gasteiger partial charge in [-0.25, -0.2) is 0 Å². The molecular weight excluding hydrogens is 288 g/mol. The van der Waals surface area contributed by atoms with Gasteiger partial charge in [0.1, 0.15) is 5.60 Å². The van der Waals surface area contributed by atoms with Crippen LogP contribution in [-0.4, -0.2) is 29.2 Å². The summed E-state index contributed by atoms with van der Waals surface area (Å²) in [5, 5.41) is 10.5. The van der Waals surface area contributed by atoms with Crippen molar-refractivity contribution < 1.29 is 14.6 Å². The smallest absolute Gasteiger partial charge is 0.178 e. The highest BCUT2D eigenvalue weighted by Crippen LogP contribution is 2.68. The number of aliphatic hydroxyl groups is 1. The van der Waals surface area contributed by atoms with Crippen molar-refractivity contribution in [1.82, 2.24) is 0 Å². The number of epoxide rings is 1. The fraction of sp³-hybridized carbons (Fsp3) is 0.750. The maximum atomic E-state index is 12.0. The molecule has 0 aromatic heterocycles. The van der Waals surface area contributed by atoms with Crippen molar-refractivity contribution >= 4 is 5.78 Å². The van der Waals surface area contributed by atoms with Crippen molar-refractivity contribution in [3.63, 3.8) is 0 Å². The Kier molecular flexibility index (Phi) is 2.62. The summed E-state index contributed by atoms with van der Waals surface area (Å²) in [5.41, 5.74) is 1.11. The molecule has 0 bridgehead atoms. The van der Waals surface area contributed by atoms with Gasteiger partial charge in [0.2, 0.25) is 0 Å². The number of hydrogen-bond acceptors (Lipinski definition) is 3. The summed E-state index contributed by atoms with van der Waals surface area (Å²) in [4.78, 5) is 12.0. The molecule has 124 valence electrons. The molecule has 0 aromatic carbocycles. The third-order valence-corrected chi connectivity index (χ3v) is 8.17. The van der Waals surface area contributed by atoms with Gasteiger partial charge in [-0.3, -0.25) is 4.79 Å². The summed E-state index contributed by atoms with van der Waals surface area (Å²) < 4.78 is 5.96. The molecule has 1 aliphatic heterocycles. The van der Waals surface area contributed by atoms with E-state index in [0.717, 1.165) is 38.7 Å². The number of rotatable bonds is 0. The lowest BCUT2D eigenvalue weighted by atomic mass is 9.46. The van der Waals surface area contributed by atoms with E-state index in [9.17, 15) is 9.90 Å². The van der Waals surface area contributed by atoms with E-state index in [1.165, 1.54) is 5.57 Å². The van der Waals surface area contributed by atoms with Crippen molar-refractivity contribution in [3.8, 4) is 0 Å². The lowest BCUT2D eigenvalue weighted by Crippen LogP contribution is -2.54. The van der Waals surface area contributed by atoms with E-state index in [1.807, 2.05) is 6.08 Å². The Morgan fingerprint density at radius 3 is 2.74 bits per heavy atom. The molecule has 3 nitrogen and oxygen atoms in total. The van der Waals surface area contributed by atoms with Crippen LogP contribution in [0.3, 0.4) is 0 Å². The van der Waals surface area contributed by atoms with E-state index < -0.39 is 0 Å². The second-order valence-corrected chi connectivity index (χ2v) is 9.08. The molecule has 1 saturated heterocycles. The third kappa shape index (κ3) is 1.65. The average molecular weight is 314 g/mol. The maximum Gasteiger partial charge on any atom is 0.178 e. The van der Waals surface area contributed by atoms with Crippen molar-refractivity contribution in [3.05, 3.63) is 23.8 Å². The van der Waals surface area contributed by atoms with E-state index in [4.69, 9.17) is 4.74 Å². The van der Waals surface area contributed by atoms with Crippen LogP contribution in [0.1, 0.15) is 46.0 Å². The van der Waals surface area contributed by atoms with Gasteiger partial charge in [0.05, 0.1) is 12.7 Å². The van der Waals surface area contributed by atoms with Crippen molar-refractivity contribution in [2.24, 2.45) is 28.6 Å². The predicted octanol–water partition coefficient (Wildman–Crippen LogP) is 3.03. The number of aliphatic hydroxyl groups excluding tert-OH is 1. The zero-order valence-electron chi connectivity index (χ0n) is 14.0. The molecule has 3 saturated carbocycles. The SMILES string of the molecule is CC12C=CC(=O)C=C1C1(CO1)C[C@@H]1[C@@H]2CC[C@]2(C)[C@@H](O)CC[C@@H]12. The summed E-state index contributed by atoms with van der Waals surface area (Å²) in [6.45, 7) is 5.39. The largest absolute Gasteiger partial charge is 0.393 e. The molecular formula is C20H26O3. The van der Waals surface area contributed by atoms with Crippen LogP contribution >= 0.6 is 0 Å². The highest BCUT2D eigenvalue weighted by atomic mass is 16.6. The standard InChI is InChI=1S/C20H26O3/c1-18-7-5-12(21)9-16(18)20(11-23-20)10-13-14-3-4-17(22)19(14,2)8-6-15(13)18/h5,7,9,13-15,17,22H,3-4,6,8,10-11H2,1-2H3/t13-,14-,15-,17-,18?,19-,20?/m0/s1.